The van der Waals surface area contributed by atoms with Crippen molar-refractivity contribution in [1.82, 2.24) is 0 Å². The topological polar surface area (TPSA) is 20.2 Å². The van der Waals surface area contributed by atoms with Crippen LogP contribution < -0.4 is 0 Å². The molecular weight excluding hydrogens is 220 g/mol. The van der Waals surface area contributed by atoms with Crippen molar-refractivity contribution in [3.8, 4) is 0 Å². The Morgan fingerprint density at radius 1 is 1.00 bits per heavy atom. The first-order valence-electron chi connectivity index (χ1n) is 7.87. The molecule has 0 amide bonds. The van der Waals surface area contributed by atoms with Gasteiger partial charge in [0.15, 0.2) is 0 Å². The van der Waals surface area contributed by atoms with Crippen LogP contribution >= 0.6 is 0 Å². The fourth-order valence-electron chi connectivity index (χ4n) is 4.14. The third-order valence-corrected chi connectivity index (χ3v) is 5.27. The van der Waals surface area contributed by atoms with Crippen molar-refractivity contribution < 1.29 is 5.11 Å². The van der Waals surface area contributed by atoms with E-state index in [0.717, 1.165) is 0 Å². The van der Waals surface area contributed by atoms with Gasteiger partial charge in [-0.25, -0.2) is 0 Å². The monoisotopic (exact) mass is 246 g/mol. The van der Waals surface area contributed by atoms with Crippen LogP contribution in [0.25, 0.3) is 0 Å². The minimum absolute atomic E-state index is 0.207. The summed E-state index contributed by atoms with van der Waals surface area (Å²) in [4.78, 5) is 0. The molecule has 0 aromatic carbocycles. The lowest BCUT2D eigenvalue weighted by Gasteiger charge is -2.49. The molecule has 2 bridgehead atoms. The fraction of sp³-hybridized carbons (Fsp3) is 0.765. The van der Waals surface area contributed by atoms with Crippen LogP contribution in [0.15, 0.2) is 23.8 Å². The predicted molar refractivity (Wildman–Crippen MR) is 75.3 cm³/mol. The minimum atomic E-state index is -0.207. The molecule has 0 aromatic rings. The maximum atomic E-state index is 10.3. The van der Waals surface area contributed by atoms with Crippen molar-refractivity contribution in [3.05, 3.63) is 23.8 Å². The summed E-state index contributed by atoms with van der Waals surface area (Å²) < 4.78 is 0. The van der Waals surface area contributed by atoms with Crippen LogP contribution in [0.4, 0.5) is 0 Å². The SMILES string of the molecule is O[C@H]1C=C2CCCCCCCCC[C@@]3(C=C[C@@H]13)C2. The summed E-state index contributed by atoms with van der Waals surface area (Å²) >= 11 is 0. The van der Waals surface area contributed by atoms with E-state index < -0.39 is 0 Å². The Labute approximate surface area is 111 Å². The van der Waals surface area contributed by atoms with E-state index in [4.69, 9.17) is 0 Å². The average Bonchev–Trinajstić information content (AvgIpc) is 2.29. The van der Waals surface area contributed by atoms with Crippen LogP contribution in [-0.2, 0) is 0 Å². The summed E-state index contributed by atoms with van der Waals surface area (Å²) in [6.45, 7) is 0. The first-order chi connectivity index (χ1) is 8.80. The highest BCUT2D eigenvalue weighted by Crippen LogP contribution is 2.53. The third kappa shape index (κ3) is 2.30. The van der Waals surface area contributed by atoms with Gasteiger partial charge >= 0.3 is 0 Å². The van der Waals surface area contributed by atoms with Gasteiger partial charge in [-0.05, 0) is 25.7 Å². The molecule has 3 atom stereocenters. The van der Waals surface area contributed by atoms with Gasteiger partial charge in [0.1, 0.15) is 0 Å². The van der Waals surface area contributed by atoms with Gasteiger partial charge in [-0.3, -0.25) is 0 Å². The molecule has 1 saturated carbocycles. The largest absolute Gasteiger partial charge is 0.388 e. The van der Waals surface area contributed by atoms with E-state index in [1.165, 1.54) is 69.8 Å². The molecule has 0 unspecified atom stereocenters. The molecule has 0 saturated heterocycles. The van der Waals surface area contributed by atoms with Crippen LogP contribution in [0.5, 0.6) is 0 Å². The lowest BCUT2D eigenvalue weighted by molar-refractivity contribution is 0.0614. The smallest absolute Gasteiger partial charge is 0.0794 e. The van der Waals surface area contributed by atoms with Gasteiger partial charge in [-0.15, -0.1) is 0 Å². The maximum absolute atomic E-state index is 10.3. The van der Waals surface area contributed by atoms with Gasteiger partial charge in [0, 0.05) is 11.3 Å². The second-order valence-corrected chi connectivity index (χ2v) is 6.59. The Bertz CT molecular complexity index is 355. The summed E-state index contributed by atoms with van der Waals surface area (Å²) in [6, 6.07) is 0. The van der Waals surface area contributed by atoms with Crippen molar-refractivity contribution in [2.24, 2.45) is 11.3 Å². The third-order valence-electron chi connectivity index (χ3n) is 5.27. The molecule has 3 aliphatic rings. The van der Waals surface area contributed by atoms with Crippen molar-refractivity contribution in [3.63, 3.8) is 0 Å². The average molecular weight is 246 g/mol. The molecule has 0 heterocycles. The van der Waals surface area contributed by atoms with Crippen molar-refractivity contribution in [2.75, 3.05) is 0 Å². The van der Waals surface area contributed by atoms with E-state index in [9.17, 15) is 5.11 Å². The number of hydrogen-bond donors (Lipinski definition) is 1. The van der Waals surface area contributed by atoms with E-state index in [2.05, 4.69) is 18.2 Å². The highest BCUT2D eigenvalue weighted by atomic mass is 16.3. The van der Waals surface area contributed by atoms with Gasteiger partial charge in [0.2, 0.25) is 0 Å². The number of aliphatic hydroxyl groups excluding tert-OH is 1. The fourth-order valence-corrected chi connectivity index (χ4v) is 4.14. The normalized spacial score (nSPS) is 40.8. The molecule has 1 spiro atoms. The summed E-state index contributed by atoms with van der Waals surface area (Å²) in [5.74, 6) is 0.421. The highest BCUT2D eigenvalue weighted by molar-refractivity contribution is 5.31. The summed E-state index contributed by atoms with van der Waals surface area (Å²) in [6.07, 6.45) is 20.0. The van der Waals surface area contributed by atoms with Crippen LogP contribution in [-0.4, -0.2) is 11.2 Å². The van der Waals surface area contributed by atoms with Gasteiger partial charge in [0.05, 0.1) is 6.10 Å². The minimum Gasteiger partial charge on any atom is -0.388 e. The molecule has 3 rings (SSSR count). The number of hydrogen-bond acceptors (Lipinski definition) is 1. The first-order valence-corrected chi connectivity index (χ1v) is 7.87. The van der Waals surface area contributed by atoms with Crippen LogP contribution in [0.2, 0.25) is 0 Å². The molecule has 0 aliphatic heterocycles. The molecule has 1 heteroatoms. The summed E-state index contributed by atoms with van der Waals surface area (Å²) in [7, 11) is 0. The van der Waals surface area contributed by atoms with E-state index in [-0.39, 0.29) is 6.10 Å². The van der Waals surface area contributed by atoms with E-state index >= 15 is 0 Å². The van der Waals surface area contributed by atoms with Gasteiger partial charge in [-0.2, -0.15) is 0 Å². The zero-order valence-electron chi connectivity index (χ0n) is 11.4. The standard InChI is InChI=1S/C17H26O/c18-16-12-14-8-6-4-2-1-3-5-7-10-17(13-14)11-9-15(16)17/h9,11-12,15-16,18H,1-8,10,13H2/t15-,16-,17+/m0/s1. The highest BCUT2D eigenvalue weighted by Gasteiger charge is 2.46. The first kappa shape index (κ1) is 12.5. The molecule has 1 fully saturated rings. The Kier molecular flexibility index (Phi) is 3.61. The van der Waals surface area contributed by atoms with E-state index in [1.54, 1.807) is 0 Å². The zero-order valence-corrected chi connectivity index (χ0v) is 11.4. The molecule has 0 radical (unpaired) electrons. The molecule has 0 aromatic heterocycles. The quantitative estimate of drug-likeness (QED) is 0.629. The van der Waals surface area contributed by atoms with E-state index in [1.807, 2.05) is 0 Å². The summed E-state index contributed by atoms with van der Waals surface area (Å²) in [5.41, 5.74) is 1.87. The van der Waals surface area contributed by atoms with Gasteiger partial charge in [0.25, 0.3) is 0 Å². The number of fused-ring (bicyclic) bond motifs is 1. The molecule has 1 nitrogen and oxygen atoms in total. The van der Waals surface area contributed by atoms with Crippen molar-refractivity contribution in [1.29, 1.82) is 0 Å². The molecule has 3 aliphatic carbocycles. The van der Waals surface area contributed by atoms with Crippen molar-refractivity contribution >= 4 is 0 Å². The Hall–Kier alpha value is -0.560. The second kappa shape index (κ2) is 5.21. The number of aliphatic hydroxyl groups is 1. The summed E-state index contributed by atoms with van der Waals surface area (Å²) in [5, 5.41) is 10.3. The Morgan fingerprint density at radius 2 is 1.72 bits per heavy atom. The maximum Gasteiger partial charge on any atom is 0.0794 e. The van der Waals surface area contributed by atoms with Crippen LogP contribution in [0.1, 0.15) is 64.2 Å². The molecule has 1 N–H and O–H groups in total. The molecular formula is C17H26O. The number of rotatable bonds is 0. The lowest BCUT2D eigenvalue weighted by Crippen LogP contribution is -2.44. The van der Waals surface area contributed by atoms with E-state index in [0.29, 0.717) is 11.3 Å². The van der Waals surface area contributed by atoms with Crippen LogP contribution in [0.3, 0.4) is 0 Å². The number of allylic oxidation sites excluding steroid dienone is 2. The predicted octanol–water partition coefficient (Wildman–Crippen LogP) is 4.37. The van der Waals surface area contributed by atoms with Crippen LogP contribution in [0, 0.1) is 11.3 Å². The Morgan fingerprint density at radius 3 is 2.44 bits per heavy atom. The lowest BCUT2D eigenvalue weighted by atomic mass is 9.56. The van der Waals surface area contributed by atoms with Gasteiger partial charge < -0.3 is 5.11 Å². The molecule has 100 valence electrons. The zero-order chi connectivity index (χ0) is 12.4. The molecule has 18 heavy (non-hydrogen) atoms. The van der Waals surface area contributed by atoms with Gasteiger partial charge in [-0.1, -0.05) is 62.3 Å². The van der Waals surface area contributed by atoms with Crippen molar-refractivity contribution in [2.45, 2.75) is 70.3 Å². The second-order valence-electron chi connectivity index (χ2n) is 6.59. The Balaban J connectivity index is 1.74.